The molecule has 0 aliphatic carbocycles. The van der Waals surface area contributed by atoms with Gasteiger partial charge in [-0.2, -0.15) is 0 Å². The van der Waals surface area contributed by atoms with E-state index in [0.29, 0.717) is 22.9 Å². The van der Waals surface area contributed by atoms with Gasteiger partial charge in [0.1, 0.15) is 12.4 Å². The van der Waals surface area contributed by atoms with E-state index in [1.54, 1.807) is 20.0 Å². The number of aromatic nitrogens is 4. The topological polar surface area (TPSA) is 102 Å². The maximum atomic E-state index is 12.1. The van der Waals surface area contributed by atoms with E-state index in [1.807, 2.05) is 30.3 Å². The highest BCUT2D eigenvalue weighted by Gasteiger charge is 2.18. The van der Waals surface area contributed by atoms with Gasteiger partial charge in [-0.15, -0.1) is 5.10 Å². The minimum absolute atomic E-state index is 0.0874. The minimum atomic E-state index is -0.619. The molecule has 3 aromatic rings. The molecule has 0 radical (unpaired) electrons. The van der Waals surface area contributed by atoms with E-state index in [-0.39, 0.29) is 12.4 Å². The van der Waals surface area contributed by atoms with E-state index in [4.69, 9.17) is 4.74 Å². The number of carbonyl (C=O) groups excluding carboxylic acids is 1. The molecular weight excluding hydrogens is 322 g/mol. The van der Waals surface area contributed by atoms with Crippen LogP contribution in [-0.2, 0) is 18.4 Å². The van der Waals surface area contributed by atoms with Crippen molar-refractivity contribution in [2.24, 2.45) is 7.05 Å². The van der Waals surface area contributed by atoms with Crippen LogP contribution in [0.3, 0.4) is 0 Å². The molecule has 2 N–H and O–H groups in total. The summed E-state index contributed by atoms with van der Waals surface area (Å²) in [6.45, 7) is 1.83. The molecule has 0 aliphatic rings. The molecule has 2 aromatic heterocycles. The first-order valence-corrected chi connectivity index (χ1v) is 7.59. The van der Waals surface area contributed by atoms with Crippen molar-refractivity contribution < 1.29 is 14.6 Å². The molecule has 2 heterocycles. The van der Waals surface area contributed by atoms with E-state index in [9.17, 15) is 9.90 Å². The first kappa shape index (κ1) is 16.4. The third-order valence-electron chi connectivity index (χ3n) is 3.56. The Kier molecular flexibility index (Phi) is 4.60. The summed E-state index contributed by atoms with van der Waals surface area (Å²) in [4.78, 5) is 16.3. The maximum absolute atomic E-state index is 12.1. The largest absolute Gasteiger partial charge is 0.506 e. The Balaban J connectivity index is 1.75. The molecule has 0 saturated carbocycles. The van der Waals surface area contributed by atoms with Crippen molar-refractivity contribution in [2.45, 2.75) is 13.5 Å². The lowest BCUT2D eigenvalue weighted by atomic mass is 10.2. The van der Waals surface area contributed by atoms with Gasteiger partial charge in [0.25, 0.3) is 0 Å². The summed E-state index contributed by atoms with van der Waals surface area (Å²) >= 11 is 0. The third-order valence-corrected chi connectivity index (χ3v) is 3.56. The summed E-state index contributed by atoms with van der Waals surface area (Å²) in [6.07, 6.45) is -0.619. The van der Waals surface area contributed by atoms with E-state index in [0.717, 1.165) is 5.56 Å². The van der Waals surface area contributed by atoms with Crippen LogP contribution in [0.25, 0.3) is 11.4 Å². The minimum Gasteiger partial charge on any atom is -0.506 e. The van der Waals surface area contributed by atoms with Gasteiger partial charge in [-0.25, -0.2) is 14.5 Å². The predicted molar refractivity (Wildman–Crippen MR) is 90.9 cm³/mol. The molecule has 0 unspecified atom stereocenters. The number of anilines is 1. The van der Waals surface area contributed by atoms with E-state index >= 15 is 0 Å². The molecule has 8 heteroatoms. The summed E-state index contributed by atoms with van der Waals surface area (Å²) in [6, 6.07) is 12.5. The van der Waals surface area contributed by atoms with Crippen molar-refractivity contribution in [1.82, 2.24) is 20.0 Å². The van der Waals surface area contributed by atoms with Crippen molar-refractivity contribution >= 4 is 11.9 Å². The van der Waals surface area contributed by atoms with Crippen molar-refractivity contribution in [3.63, 3.8) is 0 Å². The summed E-state index contributed by atoms with van der Waals surface area (Å²) in [5.41, 5.74) is 2.22. The number of aromatic hydroxyl groups is 1. The molecule has 128 valence electrons. The highest BCUT2D eigenvalue weighted by atomic mass is 16.5. The fourth-order valence-corrected chi connectivity index (χ4v) is 2.21. The van der Waals surface area contributed by atoms with E-state index < -0.39 is 6.09 Å². The van der Waals surface area contributed by atoms with Crippen LogP contribution in [-0.4, -0.2) is 31.2 Å². The molecule has 0 aliphatic heterocycles. The van der Waals surface area contributed by atoms with Crippen molar-refractivity contribution in [3.8, 4) is 17.1 Å². The number of benzene rings is 1. The Labute approximate surface area is 144 Å². The monoisotopic (exact) mass is 339 g/mol. The van der Waals surface area contributed by atoms with E-state index in [1.165, 1.54) is 10.7 Å². The second-order valence-corrected chi connectivity index (χ2v) is 5.40. The number of hydrogen-bond acceptors (Lipinski definition) is 6. The summed E-state index contributed by atoms with van der Waals surface area (Å²) in [5.74, 6) is 0.445. The van der Waals surface area contributed by atoms with Gasteiger partial charge in [0, 0.05) is 7.05 Å². The van der Waals surface area contributed by atoms with Crippen LogP contribution < -0.4 is 5.32 Å². The molecule has 0 bridgehead atoms. The highest BCUT2D eigenvalue weighted by molar-refractivity contribution is 5.88. The van der Waals surface area contributed by atoms with Crippen LogP contribution in [0, 0.1) is 6.92 Å². The average Bonchev–Trinajstić information content (AvgIpc) is 2.97. The SMILES string of the molecule is Cc1nc(-c2nnn(C)c2NC(=O)OCc2ccccc2)ccc1O. The molecule has 0 atom stereocenters. The van der Waals surface area contributed by atoms with Crippen LogP contribution in [0.1, 0.15) is 11.3 Å². The number of nitrogens with zero attached hydrogens (tertiary/aromatic N) is 4. The fourth-order valence-electron chi connectivity index (χ4n) is 2.21. The lowest BCUT2D eigenvalue weighted by Gasteiger charge is -2.08. The van der Waals surface area contributed by atoms with Gasteiger partial charge in [0.2, 0.25) is 0 Å². The van der Waals surface area contributed by atoms with Crippen molar-refractivity contribution in [3.05, 3.63) is 53.7 Å². The number of aryl methyl sites for hydroxylation is 2. The number of carbonyl (C=O) groups is 1. The molecule has 0 fully saturated rings. The summed E-state index contributed by atoms with van der Waals surface area (Å²) in [5, 5.41) is 20.2. The molecule has 0 spiro atoms. The van der Waals surface area contributed by atoms with Crippen LogP contribution >= 0.6 is 0 Å². The smallest absolute Gasteiger partial charge is 0.413 e. The summed E-state index contributed by atoms with van der Waals surface area (Å²) < 4.78 is 6.63. The standard InChI is InChI=1S/C17H17N5O3/c1-11-14(23)9-8-13(18-11)15-16(22(2)21-20-15)19-17(24)25-10-12-6-4-3-5-7-12/h3-9,23H,10H2,1-2H3,(H,19,24). The van der Waals surface area contributed by atoms with Gasteiger partial charge >= 0.3 is 6.09 Å². The Morgan fingerprint density at radius 1 is 1.24 bits per heavy atom. The van der Waals surface area contributed by atoms with Crippen LogP contribution in [0.5, 0.6) is 5.75 Å². The van der Waals surface area contributed by atoms with E-state index in [2.05, 4.69) is 20.6 Å². The Morgan fingerprint density at radius 2 is 2.00 bits per heavy atom. The molecular formula is C17H17N5O3. The van der Waals surface area contributed by atoms with Gasteiger partial charge in [-0.1, -0.05) is 35.5 Å². The number of ether oxygens (including phenoxy) is 1. The summed E-state index contributed by atoms with van der Waals surface area (Å²) in [7, 11) is 1.65. The van der Waals surface area contributed by atoms with Crippen LogP contribution in [0.2, 0.25) is 0 Å². The van der Waals surface area contributed by atoms with Gasteiger partial charge in [-0.05, 0) is 24.6 Å². The van der Waals surface area contributed by atoms with Crippen molar-refractivity contribution in [1.29, 1.82) is 0 Å². The highest BCUT2D eigenvalue weighted by Crippen LogP contribution is 2.26. The molecule has 8 nitrogen and oxygen atoms in total. The molecule has 1 amide bonds. The lowest BCUT2D eigenvalue weighted by Crippen LogP contribution is -2.16. The Morgan fingerprint density at radius 3 is 2.72 bits per heavy atom. The normalized spacial score (nSPS) is 10.5. The van der Waals surface area contributed by atoms with Gasteiger partial charge in [0.15, 0.2) is 11.5 Å². The Bertz CT molecular complexity index is 893. The van der Waals surface area contributed by atoms with Gasteiger partial charge in [-0.3, -0.25) is 5.32 Å². The van der Waals surface area contributed by atoms with Gasteiger partial charge < -0.3 is 9.84 Å². The number of rotatable bonds is 4. The lowest BCUT2D eigenvalue weighted by molar-refractivity contribution is 0.155. The number of amides is 1. The zero-order chi connectivity index (χ0) is 17.8. The van der Waals surface area contributed by atoms with Crippen LogP contribution in [0.4, 0.5) is 10.6 Å². The predicted octanol–water partition coefficient (Wildman–Crippen LogP) is 2.64. The van der Waals surface area contributed by atoms with Crippen molar-refractivity contribution in [2.75, 3.05) is 5.32 Å². The zero-order valence-electron chi connectivity index (χ0n) is 13.8. The Hall–Kier alpha value is -3.42. The number of hydrogen-bond donors (Lipinski definition) is 2. The molecule has 0 saturated heterocycles. The second kappa shape index (κ2) is 7.00. The third kappa shape index (κ3) is 3.74. The zero-order valence-corrected chi connectivity index (χ0v) is 13.8. The van der Waals surface area contributed by atoms with Gasteiger partial charge in [0.05, 0.1) is 11.4 Å². The molecule has 1 aromatic carbocycles. The number of nitrogens with one attached hydrogen (secondary N) is 1. The first-order chi connectivity index (χ1) is 12.0. The quantitative estimate of drug-likeness (QED) is 0.757. The second-order valence-electron chi connectivity index (χ2n) is 5.40. The fraction of sp³-hybridized carbons (Fsp3) is 0.176. The molecule has 25 heavy (non-hydrogen) atoms. The maximum Gasteiger partial charge on any atom is 0.413 e. The number of pyridine rings is 1. The first-order valence-electron chi connectivity index (χ1n) is 7.59. The van der Waals surface area contributed by atoms with Crippen LogP contribution in [0.15, 0.2) is 42.5 Å². The average molecular weight is 339 g/mol. The molecule has 3 rings (SSSR count).